The van der Waals surface area contributed by atoms with Crippen molar-refractivity contribution in [1.82, 2.24) is 0 Å². The number of anilines is 2. The molecule has 0 aromatic heterocycles. The van der Waals surface area contributed by atoms with Gasteiger partial charge in [-0.3, -0.25) is 9.69 Å². The Morgan fingerprint density at radius 1 is 1.07 bits per heavy atom. The van der Waals surface area contributed by atoms with Crippen LogP contribution in [0.1, 0.15) is 12.8 Å². The normalized spacial score (nSPS) is 13.4. The molecule has 0 bridgehead atoms. The lowest BCUT2D eigenvalue weighted by atomic mass is 10.1. The van der Waals surface area contributed by atoms with E-state index in [2.05, 4.69) is 5.32 Å². The molecule has 6 heteroatoms. The Morgan fingerprint density at radius 2 is 1.90 bits per heavy atom. The van der Waals surface area contributed by atoms with Crippen molar-refractivity contribution in [2.45, 2.75) is 12.8 Å². The van der Waals surface area contributed by atoms with E-state index >= 15 is 0 Å². The summed E-state index contributed by atoms with van der Waals surface area (Å²) in [6.07, 6.45) is 0.590. The maximum Gasteiger partial charge on any atom is 0.414 e. The van der Waals surface area contributed by atoms with Gasteiger partial charge in [0.15, 0.2) is 0 Å². The average molecular weight is 390 g/mol. The third kappa shape index (κ3) is 4.48. The van der Waals surface area contributed by atoms with E-state index < -0.39 is 0 Å². The number of hydrogen-bond acceptors (Lipinski definition) is 4. The van der Waals surface area contributed by atoms with Crippen LogP contribution in [0.3, 0.4) is 0 Å². The molecule has 0 aliphatic carbocycles. The number of benzene rings is 3. The van der Waals surface area contributed by atoms with Crippen molar-refractivity contribution in [1.29, 1.82) is 0 Å². The van der Waals surface area contributed by atoms with Gasteiger partial charge in [0.1, 0.15) is 12.4 Å². The molecular weight excluding hydrogens is 368 g/mol. The van der Waals surface area contributed by atoms with Gasteiger partial charge in [-0.05, 0) is 36.1 Å². The third-order valence-electron chi connectivity index (χ3n) is 4.76. The highest BCUT2D eigenvalue weighted by atomic mass is 16.6. The molecule has 0 unspecified atom stereocenters. The van der Waals surface area contributed by atoms with Crippen LogP contribution >= 0.6 is 0 Å². The smallest absolute Gasteiger partial charge is 0.414 e. The fraction of sp³-hybridized carbons (Fsp3) is 0.217. The summed E-state index contributed by atoms with van der Waals surface area (Å²) in [4.78, 5) is 25.5. The van der Waals surface area contributed by atoms with Gasteiger partial charge in [-0.25, -0.2) is 4.79 Å². The van der Waals surface area contributed by atoms with Crippen molar-refractivity contribution < 1.29 is 19.1 Å². The van der Waals surface area contributed by atoms with E-state index in [4.69, 9.17) is 9.47 Å². The van der Waals surface area contributed by atoms with Gasteiger partial charge in [-0.15, -0.1) is 0 Å². The molecule has 0 radical (unpaired) electrons. The predicted molar refractivity (Wildman–Crippen MR) is 112 cm³/mol. The standard InChI is InChI=1S/C23H22N2O4/c26-22(24-18-8-4-9-19(16-18)25-13-15-29-23(25)27)12-5-14-28-21-11-3-7-17-6-1-2-10-20(17)21/h1-4,6-11,16H,5,12-15H2,(H,24,26). The third-order valence-corrected chi connectivity index (χ3v) is 4.76. The average Bonchev–Trinajstić information content (AvgIpc) is 3.17. The zero-order valence-electron chi connectivity index (χ0n) is 16.0. The van der Waals surface area contributed by atoms with Crippen molar-refractivity contribution in [3.63, 3.8) is 0 Å². The molecule has 3 aromatic carbocycles. The van der Waals surface area contributed by atoms with E-state index in [0.717, 1.165) is 16.5 Å². The minimum Gasteiger partial charge on any atom is -0.493 e. The molecule has 1 fully saturated rings. The number of carbonyl (C=O) groups excluding carboxylic acids is 2. The number of nitrogens with zero attached hydrogens (tertiary/aromatic N) is 1. The minimum atomic E-state index is -0.362. The molecule has 0 atom stereocenters. The van der Waals surface area contributed by atoms with Crippen LogP contribution in [0.2, 0.25) is 0 Å². The Morgan fingerprint density at radius 3 is 2.76 bits per heavy atom. The molecule has 2 amide bonds. The van der Waals surface area contributed by atoms with Crippen molar-refractivity contribution in [2.24, 2.45) is 0 Å². The molecule has 29 heavy (non-hydrogen) atoms. The SMILES string of the molecule is O=C(CCCOc1cccc2ccccc12)Nc1cccc(N2CCOC2=O)c1. The summed E-state index contributed by atoms with van der Waals surface area (Å²) in [6, 6.07) is 21.2. The van der Waals surface area contributed by atoms with Crippen LogP contribution in [0, 0.1) is 0 Å². The van der Waals surface area contributed by atoms with Gasteiger partial charge in [0.25, 0.3) is 0 Å². The van der Waals surface area contributed by atoms with Crippen LogP contribution in [0.5, 0.6) is 5.75 Å². The van der Waals surface area contributed by atoms with Crippen molar-refractivity contribution >= 4 is 34.1 Å². The first-order valence-electron chi connectivity index (χ1n) is 9.65. The van der Waals surface area contributed by atoms with Crippen LogP contribution in [0.15, 0.2) is 66.7 Å². The fourth-order valence-corrected chi connectivity index (χ4v) is 3.34. The van der Waals surface area contributed by atoms with Gasteiger partial charge in [0.2, 0.25) is 5.91 Å². The van der Waals surface area contributed by atoms with Gasteiger partial charge in [0, 0.05) is 23.2 Å². The van der Waals surface area contributed by atoms with E-state index in [1.807, 2.05) is 48.5 Å². The summed E-state index contributed by atoms with van der Waals surface area (Å²) in [5.41, 5.74) is 1.37. The number of rotatable bonds is 7. The number of carbonyl (C=O) groups is 2. The zero-order chi connectivity index (χ0) is 20.1. The van der Waals surface area contributed by atoms with Crippen LogP contribution in [-0.4, -0.2) is 31.8 Å². The molecule has 1 aliphatic heterocycles. The predicted octanol–water partition coefficient (Wildman–Crippen LogP) is 4.59. The molecule has 3 aromatic rings. The Balaban J connectivity index is 1.28. The zero-order valence-corrected chi connectivity index (χ0v) is 16.0. The molecule has 0 spiro atoms. The number of amides is 2. The molecule has 4 rings (SSSR count). The molecule has 1 N–H and O–H groups in total. The summed E-state index contributed by atoms with van der Waals surface area (Å²) >= 11 is 0. The molecule has 1 heterocycles. The van der Waals surface area contributed by atoms with Crippen molar-refractivity contribution in [3.8, 4) is 5.75 Å². The monoisotopic (exact) mass is 390 g/mol. The van der Waals surface area contributed by atoms with E-state index in [1.54, 1.807) is 23.1 Å². The number of nitrogens with one attached hydrogen (secondary N) is 1. The second-order valence-corrected chi connectivity index (χ2v) is 6.79. The number of cyclic esters (lactones) is 1. The largest absolute Gasteiger partial charge is 0.493 e. The first-order chi connectivity index (χ1) is 14.2. The molecule has 6 nitrogen and oxygen atoms in total. The van der Waals surface area contributed by atoms with Gasteiger partial charge in [0.05, 0.1) is 13.2 Å². The fourth-order valence-electron chi connectivity index (χ4n) is 3.34. The van der Waals surface area contributed by atoms with Crippen molar-refractivity contribution in [2.75, 3.05) is 30.0 Å². The molecule has 1 saturated heterocycles. The molecule has 1 aliphatic rings. The van der Waals surface area contributed by atoms with Crippen LogP contribution in [0.4, 0.5) is 16.2 Å². The number of ether oxygens (including phenoxy) is 2. The Hall–Kier alpha value is -3.54. The maximum atomic E-state index is 12.3. The Labute approximate surface area is 169 Å². The van der Waals surface area contributed by atoms with E-state index in [1.165, 1.54) is 0 Å². The van der Waals surface area contributed by atoms with Crippen LogP contribution in [-0.2, 0) is 9.53 Å². The maximum absolute atomic E-state index is 12.3. The lowest BCUT2D eigenvalue weighted by Crippen LogP contribution is -2.23. The van der Waals surface area contributed by atoms with E-state index in [-0.39, 0.29) is 12.0 Å². The molecule has 148 valence electrons. The topological polar surface area (TPSA) is 67.9 Å². The summed E-state index contributed by atoms with van der Waals surface area (Å²) in [6.45, 7) is 1.36. The van der Waals surface area contributed by atoms with Gasteiger partial charge >= 0.3 is 6.09 Å². The summed E-state index contributed by atoms with van der Waals surface area (Å²) in [5.74, 6) is 0.737. The highest BCUT2D eigenvalue weighted by molar-refractivity contribution is 5.93. The second kappa shape index (κ2) is 8.65. The second-order valence-electron chi connectivity index (χ2n) is 6.79. The lowest BCUT2D eigenvalue weighted by Gasteiger charge is -2.14. The van der Waals surface area contributed by atoms with Crippen LogP contribution in [0.25, 0.3) is 10.8 Å². The lowest BCUT2D eigenvalue weighted by molar-refractivity contribution is -0.116. The summed E-state index contributed by atoms with van der Waals surface area (Å²) in [7, 11) is 0. The van der Waals surface area contributed by atoms with Gasteiger partial charge in [-0.2, -0.15) is 0 Å². The highest BCUT2D eigenvalue weighted by Crippen LogP contribution is 2.25. The Bertz CT molecular complexity index is 1030. The quantitative estimate of drug-likeness (QED) is 0.599. The van der Waals surface area contributed by atoms with Gasteiger partial charge in [-0.1, -0.05) is 42.5 Å². The van der Waals surface area contributed by atoms with Gasteiger partial charge < -0.3 is 14.8 Å². The summed E-state index contributed by atoms with van der Waals surface area (Å²) in [5, 5.41) is 5.07. The van der Waals surface area contributed by atoms with Crippen molar-refractivity contribution in [3.05, 3.63) is 66.7 Å². The number of fused-ring (bicyclic) bond motifs is 1. The molecule has 0 saturated carbocycles. The van der Waals surface area contributed by atoms with Crippen LogP contribution < -0.4 is 15.0 Å². The first-order valence-corrected chi connectivity index (χ1v) is 9.65. The van der Waals surface area contributed by atoms with E-state index in [9.17, 15) is 9.59 Å². The minimum absolute atomic E-state index is 0.0901. The molecular formula is C23H22N2O4. The summed E-state index contributed by atoms with van der Waals surface area (Å²) < 4.78 is 10.8. The number of hydrogen-bond donors (Lipinski definition) is 1. The highest BCUT2D eigenvalue weighted by Gasteiger charge is 2.23. The van der Waals surface area contributed by atoms with E-state index in [0.29, 0.717) is 44.0 Å². The first kappa shape index (κ1) is 18.8. The Kier molecular flexibility index (Phi) is 5.61.